The van der Waals surface area contributed by atoms with Crippen LogP contribution in [0.1, 0.15) is 5.56 Å². The highest BCUT2D eigenvalue weighted by atomic mass is 35.5. The van der Waals surface area contributed by atoms with E-state index in [9.17, 15) is 18.0 Å². The number of carbonyl (C=O) groups excluding carboxylic acids is 2. The average molecular weight is 396 g/mol. The fourth-order valence-corrected chi connectivity index (χ4v) is 3.59. The number of amides is 1. The first-order valence-electron chi connectivity index (χ1n) is 7.71. The van der Waals surface area contributed by atoms with Crippen molar-refractivity contribution in [3.63, 3.8) is 0 Å². The Morgan fingerprint density at radius 2 is 1.69 bits per heavy atom. The Morgan fingerprint density at radius 1 is 1.08 bits per heavy atom. The van der Waals surface area contributed by atoms with Gasteiger partial charge in [0, 0.05) is 11.4 Å². The van der Waals surface area contributed by atoms with E-state index >= 15 is 0 Å². The van der Waals surface area contributed by atoms with Gasteiger partial charge in [-0.25, -0.2) is 13.2 Å². The van der Waals surface area contributed by atoms with E-state index in [4.69, 9.17) is 16.3 Å². The Morgan fingerprint density at radius 3 is 2.27 bits per heavy atom. The summed E-state index contributed by atoms with van der Waals surface area (Å²) in [5, 5.41) is 2.83. The van der Waals surface area contributed by atoms with Crippen LogP contribution in [0.4, 0.5) is 0 Å². The standard InChI is InChI=1S/C18H18ClNO5S/c1-25-18(22)16(11-13-5-3-2-4-6-13)20-17(21)12-26(23,24)15-9-7-14(19)8-10-15/h2-10,16H,11-12H2,1H3,(H,20,21)/t16-/m0/s1. The summed E-state index contributed by atoms with van der Waals surface area (Å²) in [4.78, 5) is 24.1. The Bertz CT molecular complexity index is 866. The van der Waals surface area contributed by atoms with Gasteiger partial charge in [0.15, 0.2) is 9.84 Å². The molecule has 0 aliphatic rings. The predicted octanol–water partition coefficient (Wildman–Crippen LogP) is 2.01. The van der Waals surface area contributed by atoms with E-state index in [0.29, 0.717) is 5.02 Å². The maximum absolute atomic E-state index is 12.3. The van der Waals surface area contributed by atoms with Crippen molar-refractivity contribution in [2.24, 2.45) is 0 Å². The first kappa shape index (κ1) is 19.9. The zero-order chi connectivity index (χ0) is 19.2. The first-order chi connectivity index (χ1) is 12.3. The van der Waals surface area contributed by atoms with Crippen molar-refractivity contribution in [3.05, 3.63) is 65.2 Å². The molecule has 0 radical (unpaired) electrons. The Balaban J connectivity index is 2.09. The molecule has 0 saturated carbocycles. The van der Waals surface area contributed by atoms with E-state index in [-0.39, 0.29) is 11.3 Å². The Hall–Kier alpha value is -2.38. The molecule has 8 heteroatoms. The van der Waals surface area contributed by atoms with Crippen LogP contribution >= 0.6 is 11.6 Å². The van der Waals surface area contributed by atoms with Crippen molar-refractivity contribution in [2.75, 3.05) is 12.9 Å². The van der Waals surface area contributed by atoms with Gasteiger partial charge in [-0.3, -0.25) is 4.79 Å². The highest BCUT2D eigenvalue weighted by molar-refractivity contribution is 7.92. The number of hydrogen-bond acceptors (Lipinski definition) is 5. The molecule has 1 amide bonds. The number of ether oxygens (including phenoxy) is 1. The molecule has 0 bridgehead atoms. The van der Waals surface area contributed by atoms with E-state index in [1.54, 1.807) is 24.3 Å². The third-order valence-corrected chi connectivity index (χ3v) is 5.48. The molecular formula is C18H18ClNO5S. The zero-order valence-electron chi connectivity index (χ0n) is 14.0. The van der Waals surface area contributed by atoms with Gasteiger partial charge in [-0.05, 0) is 29.8 Å². The summed E-state index contributed by atoms with van der Waals surface area (Å²) >= 11 is 5.74. The number of sulfone groups is 1. The van der Waals surface area contributed by atoms with Crippen LogP contribution < -0.4 is 5.32 Å². The molecule has 1 N–H and O–H groups in total. The predicted molar refractivity (Wildman–Crippen MR) is 97.6 cm³/mol. The minimum absolute atomic E-state index is 0.0188. The number of esters is 1. The summed E-state index contributed by atoms with van der Waals surface area (Å²) in [5.41, 5.74) is 0.809. The van der Waals surface area contributed by atoms with Gasteiger partial charge in [0.05, 0.1) is 12.0 Å². The van der Waals surface area contributed by atoms with E-state index in [1.807, 2.05) is 6.07 Å². The monoisotopic (exact) mass is 395 g/mol. The van der Waals surface area contributed by atoms with E-state index in [0.717, 1.165) is 5.56 Å². The van der Waals surface area contributed by atoms with Gasteiger partial charge in [-0.1, -0.05) is 41.9 Å². The van der Waals surface area contributed by atoms with Crippen LogP contribution in [0.3, 0.4) is 0 Å². The smallest absolute Gasteiger partial charge is 0.328 e. The minimum atomic E-state index is -3.85. The molecule has 0 saturated heterocycles. The zero-order valence-corrected chi connectivity index (χ0v) is 15.6. The quantitative estimate of drug-likeness (QED) is 0.724. The van der Waals surface area contributed by atoms with Crippen molar-refractivity contribution in [1.82, 2.24) is 5.32 Å². The van der Waals surface area contributed by atoms with Gasteiger partial charge in [0.2, 0.25) is 5.91 Å². The number of halogens is 1. The normalized spacial score (nSPS) is 12.2. The highest BCUT2D eigenvalue weighted by Gasteiger charge is 2.25. The largest absolute Gasteiger partial charge is 0.467 e. The van der Waals surface area contributed by atoms with Crippen molar-refractivity contribution in [1.29, 1.82) is 0 Å². The molecule has 6 nitrogen and oxygen atoms in total. The fourth-order valence-electron chi connectivity index (χ4n) is 2.32. The summed E-state index contributed by atoms with van der Waals surface area (Å²) < 4.78 is 29.3. The van der Waals surface area contributed by atoms with Gasteiger partial charge in [0.25, 0.3) is 0 Å². The second-order valence-electron chi connectivity index (χ2n) is 5.55. The fraction of sp³-hybridized carbons (Fsp3) is 0.222. The van der Waals surface area contributed by atoms with Crippen molar-refractivity contribution in [2.45, 2.75) is 17.4 Å². The summed E-state index contributed by atoms with van der Waals surface area (Å²) in [5.74, 6) is -2.21. The summed E-state index contributed by atoms with van der Waals surface area (Å²) in [6.45, 7) is 0. The molecule has 26 heavy (non-hydrogen) atoms. The van der Waals surface area contributed by atoms with Crippen molar-refractivity contribution in [3.8, 4) is 0 Å². The van der Waals surface area contributed by atoms with E-state index in [2.05, 4.69) is 5.32 Å². The summed E-state index contributed by atoms with van der Waals surface area (Å²) in [6.07, 6.45) is 0.195. The summed E-state index contributed by atoms with van der Waals surface area (Å²) in [6, 6.07) is 13.6. The van der Waals surface area contributed by atoms with Crippen molar-refractivity contribution >= 4 is 33.3 Å². The number of hydrogen-bond donors (Lipinski definition) is 1. The molecule has 0 fully saturated rings. The first-order valence-corrected chi connectivity index (χ1v) is 9.74. The third kappa shape index (κ3) is 5.57. The maximum atomic E-state index is 12.3. The average Bonchev–Trinajstić information content (AvgIpc) is 2.61. The second kappa shape index (κ2) is 8.82. The number of rotatable bonds is 7. The Kier molecular flexibility index (Phi) is 6.76. The maximum Gasteiger partial charge on any atom is 0.328 e. The second-order valence-corrected chi connectivity index (χ2v) is 7.97. The van der Waals surface area contributed by atoms with Crippen LogP contribution in [-0.4, -0.2) is 39.2 Å². The van der Waals surface area contributed by atoms with Crippen molar-refractivity contribution < 1.29 is 22.7 Å². The molecule has 2 rings (SSSR count). The van der Waals surface area contributed by atoms with Gasteiger partial charge in [-0.15, -0.1) is 0 Å². The van der Waals surface area contributed by atoms with E-state index in [1.165, 1.54) is 31.4 Å². The van der Waals surface area contributed by atoms with Crippen LogP contribution in [0.25, 0.3) is 0 Å². The number of carbonyl (C=O) groups is 2. The molecule has 2 aromatic carbocycles. The molecule has 0 aromatic heterocycles. The molecule has 138 valence electrons. The lowest BCUT2D eigenvalue weighted by molar-refractivity contribution is -0.144. The van der Waals surface area contributed by atoms with Crippen LogP contribution in [-0.2, 0) is 30.6 Å². The molecule has 1 atom stereocenters. The Labute approximate surface area is 157 Å². The topological polar surface area (TPSA) is 89.5 Å². The highest BCUT2D eigenvalue weighted by Crippen LogP contribution is 2.15. The lowest BCUT2D eigenvalue weighted by atomic mass is 10.1. The number of methoxy groups -OCH3 is 1. The molecule has 0 unspecified atom stereocenters. The third-order valence-electron chi connectivity index (χ3n) is 3.60. The van der Waals surface area contributed by atoms with E-state index < -0.39 is 33.5 Å². The van der Waals surface area contributed by atoms with Crippen LogP contribution in [0, 0.1) is 0 Å². The minimum Gasteiger partial charge on any atom is -0.467 e. The number of nitrogens with one attached hydrogen (secondary N) is 1. The van der Waals surface area contributed by atoms with Gasteiger partial charge >= 0.3 is 5.97 Å². The lowest BCUT2D eigenvalue weighted by Gasteiger charge is -2.16. The molecule has 0 heterocycles. The van der Waals surface area contributed by atoms with Gasteiger partial charge in [-0.2, -0.15) is 0 Å². The molecule has 0 spiro atoms. The molecule has 2 aromatic rings. The van der Waals surface area contributed by atoms with Gasteiger partial charge in [0.1, 0.15) is 11.8 Å². The van der Waals surface area contributed by atoms with Gasteiger partial charge < -0.3 is 10.1 Å². The van der Waals surface area contributed by atoms with Crippen LogP contribution in [0.15, 0.2) is 59.5 Å². The SMILES string of the molecule is COC(=O)[C@H](Cc1ccccc1)NC(=O)CS(=O)(=O)c1ccc(Cl)cc1. The molecular weight excluding hydrogens is 378 g/mol. The lowest BCUT2D eigenvalue weighted by Crippen LogP contribution is -2.45. The summed E-state index contributed by atoms with van der Waals surface area (Å²) in [7, 11) is -2.64. The molecule has 0 aliphatic carbocycles. The number of benzene rings is 2. The van der Waals surface area contributed by atoms with Crippen LogP contribution in [0.2, 0.25) is 5.02 Å². The molecule has 0 aliphatic heterocycles. The van der Waals surface area contributed by atoms with Crippen LogP contribution in [0.5, 0.6) is 0 Å².